The van der Waals surface area contributed by atoms with Crippen LogP contribution >= 0.6 is 12.6 Å². The van der Waals surface area contributed by atoms with E-state index in [-0.39, 0.29) is 24.5 Å². The Morgan fingerprint density at radius 3 is 2.00 bits per heavy atom. The summed E-state index contributed by atoms with van der Waals surface area (Å²) in [6, 6.07) is 4.47. The lowest BCUT2D eigenvalue weighted by molar-refractivity contribution is -0.142. The van der Waals surface area contributed by atoms with Crippen molar-refractivity contribution in [2.24, 2.45) is 11.7 Å². The van der Waals surface area contributed by atoms with Gasteiger partial charge in [0.05, 0.1) is 6.04 Å². The fourth-order valence-corrected chi connectivity index (χ4v) is 3.26. The Balaban J connectivity index is 2.91. The second-order valence-corrected chi connectivity index (χ2v) is 8.47. The van der Waals surface area contributed by atoms with E-state index in [0.29, 0.717) is 0 Å². The number of benzene rings is 1. The molecule has 0 spiro atoms. The molecule has 7 N–H and O–H groups in total. The first-order valence-electron chi connectivity index (χ1n) is 10.7. The smallest absolute Gasteiger partial charge is 0.327 e. The van der Waals surface area contributed by atoms with E-state index in [1.54, 1.807) is 13.8 Å². The molecule has 11 nitrogen and oxygen atoms in total. The average Bonchev–Trinajstić information content (AvgIpc) is 2.77. The fraction of sp³-hybridized carbons (Fsp3) is 0.500. The lowest BCUT2D eigenvalue weighted by atomic mass is 10.0. The van der Waals surface area contributed by atoms with Crippen LogP contribution in [-0.4, -0.2) is 69.8 Å². The normalized spacial score (nSPS) is 14.4. The number of thiol groups is 1. The molecule has 1 aromatic carbocycles. The van der Waals surface area contributed by atoms with Crippen molar-refractivity contribution >= 4 is 42.3 Å². The highest BCUT2D eigenvalue weighted by atomic mass is 32.1. The highest BCUT2D eigenvalue weighted by molar-refractivity contribution is 7.80. The van der Waals surface area contributed by atoms with E-state index < -0.39 is 60.2 Å². The summed E-state index contributed by atoms with van der Waals surface area (Å²) in [5, 5.41) is 25.3. The Bertz CT molecular complexity index is 866. The summed E-state index contributed by atoms with van der Waals surface area (Å²) in [6.07, 6.45) is -0.473. The van der Waals surface area contributed by atoms with Gasteiger partial charge in [-0.3, -0.25) is 19.2 Å². The maximum Gasteiger partial charge on any atom is 0.327 e. The van der Waals surface area contributed by atoms with Crippen LogP contribution in [0.1, 0.15) is 32.3 Å². The summed E-state index contributed by atoms with van der Waals surface area (Å²) in [5.41, 5.74) is 6.84. The minimum Gasteiger partial charge on any atom is -0.481 e. The number of nitrogens with two attached hydrogens (primary N) is 1. The standard InChI is InChI=1S/C22H32N4O7S/c1-12(2)18(26-19(29)14(23)10-13-6-4-3-5-7-13)21(31)24-15(8-9-17(27)28)20(30)25-16(11-34)22(32)33/h3-7,12,14-16,18,34H,8-11,23H2,1-2H3,(H,24,31)(H,25,30)(H,26,29)(H,27,28)(H,32,33). The van der Waals surface area contributed by atoms with E-state index in [0.717, 1.165) is 5.56 Å². The van der Waals surface area contributed by atoms with Crippen molar-refractivity contribution in [3.63, 3.8) is 0 Å². The monoisotopic (exact) mass is 496 g/mol. The number of carbonyl (C=O) groups is 5. The Labute approximate surface area is 203 Å². The zero-order valence-corrected chi connectivity index (χ0v) is 20.0. The quantitative estimate of drug-likeness (QED) is 0.169. The van der Waals surface area contributed by atoms with Gasteiger partial charge in [0.2, 0.25) is 17.7 Å². The number of aliphatic carboxylic acids is 2. The first-order chi connectivity index (χ1) is 16.0. The number of hydrogen-bond acceptors (Lipinski definition) is 7. The summed E-state index contributed by atoms with van der Waals surface area (Å²) in [4.78, 5) is 60.3. The van der Waals surface area contributed by atoms with E-state index in [2.05, 4.69) is 28.6 Å². The van der Waals surface area contributed by atoms with Crippen LogP contribution in [0.25, 0.3) is 0 Å². The number of nitrogens with one attached hydrogen (secondary N) is 3. The number of hydrogen-bond donors (Lipinski definition) is 7. The van der Waals surface area contributed by atoms with Gasteiger partial charge < -0.3 is 31.9 Å². The Kier molecular flexibility index (Phi) is 12.1. The molecular formula is C22H32N4O7S. The van der Waals surface area contributed by atoms with E-state index in [9.17, 15) is 24.0 Å². The molecule has 0 heterocycles. The van der Waals surface area contributed by atoms with Crippen molar-refractivity contribution in [1.29, 1.82) is 0 Å². The zero-order valence-electron chi connectivity index (χ0n) is 19.1. The Hall–Kier alpha value is -3.12. The second-order valence-electron chi connectivity index (χ2n) is 8.10. The van der Waals surface area contributed by atoms with Crippen LogP contribution in [0.2, 0.25) is 0 Å². The van der Waals surface area contributed by atoms with Crippen LogP contribution in [0.15, 0.2) is 30.3 Å². The first-order valence-corrected chi connectivity index (χ1v) is 11.4. The van der Waals surface area contributed by atoms with Gasteiger partial charge in [-0.15, -0.1) is 0 Å². The van der Waals surface area contributed by atoms with Gasteiger partial charge in [0.15, 0.2) is 0 Å². The van der Waals surface area contributed by atoms with Gasteiger partial charge in [-0.1, -0.05) is 44.2 Å². The van der Waals surface area contributed by atoms with Gasteiger partial charge >= 0.3 is 11.9 Å². The van der Waals surface area contributed by atoms with E-state index in [4.69, 9.17) is 15.9 Å². The van der Waals surface area contributed by atoms with Gasteiger partial charge in [0, 0.05) is 12.2 Å². The average molecular weight is 497 g/mol. The third kappa shape index (κ3) is 9.79. The van der Waals surface area contributed by atoms with Gasteiger partial charge in [0.25, 0.3) is 0 Å². The number of carboxylic acid groups (broad SMARTS) is 2. The summed E-state index contributed by atoms with van der Waals surface area (Å²) in [7, 11) is 0. The predicted octanol–water partition coefficient (Wildman–Crippen LogP) is -0.454. The maximum atomic E-state index is 12.9. The summed E-state index contributed by atoms with van der Waals surface area (Å²) < 4.78 is 0. The highest BCUT2D eigenvalue weighted by Crippen LogP contribution is 2.08. The van der Waals surface area contributed by atoms with Crippen molar-refractivity contribution in [3.8, 4) is 0 Å². The van der Waals surface area contributed by atoms with Crippen LogP contribution < -0.4 is 21.7 Å². The first kappa shape index (κ1) is 28.9. The fourth-order valence-electron chi connectivity index (χ4n) is 3.01. The molecule has 0 aliphatic heterocycles. The minimum atomic E-state index is -1.33. The highest BCUT2D eigenvalue weighted by Gasteiger charge is 2.31. The van der Waals surface area contributed by atoms with E-state index in [1.807, 2.05) is 30.3 Å². The topological polar surface area (TPSA) is 188 Å². The SMILES string of the molecule is CC(C)C(NC(=O)C(N)Cc1ccccc1)C(=O)NC(CCC(=O)O)C(=O)NC(CS)C(=O)O. The lowest BCUT2D eigenvalue weighted by Crippen LogP contribution is -2.58. The lowest BCUT2D eigenvalue weighted by Gasteiger charge is -2.26. The van der Waals surface area contributed by atoms with Crippen LogP contribution in [0, 0.1) is 5.92 Å². The molecule has 1 rings (SSSR count). The van der Waals surface area contributed by atoms with Crippen molar-refractivity contribution in [2.75, 3.05) is 5.75 Å². The number of rotatable bonds is 14. The van der Waals surface area contributed by atoms with Gasteiger partial charge in [-0.2, -0.15) is 12.6 Å². The Morgan fingerprint density at radius 2 is 1.50 bits per heavy atom. The molecule has 34 heavy (non-hydrogen) atoms. The molecule has 0 saturated heterocycles. The molecule has 188 valence electrons. The largest absolute Gasteiger partial charge is 0.481 e. The molecule has 0 saturated carbocycles. The molecule has 12 heteroatoms. The number of carboxylic acids is 2. The minimum absolute atomic E-state index is 0.204. The third-order valence-corrected chi connectivity index (χ3v) is 5.32. The molecule has 0 aliphatic carbocycles. The molecule has 4 unspecified atom stereocenters. The van der Waals surface area contributed by atoms with Gasteiger partial charge in [-0.05, 0) is 24.3 Å². The van der Waals surface area contributed by atoms with Crippen molar-refractivity contribution in [1.82, 2.24) is 16.0 Å². The zero-order chi connectivity index (χ0) is 25.8. The Morgan fingerprint density at radius 1 is 0.912 bits per heavy atom. The van der Waals surface area contributed by atoms with Crippen molar-refractivity contribution in [2.45, 2.75) is 57.3 Å². The van der Waals surface area contributed by atoms with Crippen LogP contribution in [-0.2, 0) is 30.4 Å². The second kappa shape index (κ2) is 14.2. The third-order valence-electron chi connectivity index (χ3n) is 4.96. The van der Waals surface area contributed by atoms with Gasteiger partial charge in [0.1, 0.15) is 18.1 Å². The molecule has 0 radical (unpaired) electrons. The van der Waals surface area contributed by atoms with E-state index in [1.165, 1.54) is 0 Å². The summed E-state index contributed by atoms with van der Waals surface area (Å²) in [6.45, 7) is 3.36. The molecule has 0 aliphatic rings. The van der Waals surface area contributed by atoms with Crippen LogP contribution in [0.3, 0.4) is 0 Å². The maximum absolute atomic E-state index is 12.9. The molecule has 1 aromatic rings. The number of amides is 3. The summed E-state index contributed by atoms with van der Waals surface area (Å²) in [5.74, 6) is -5.28. The summed E-state index contributed by atoms with van der Waals surface area (Å²) >= 11 is 3.87. The molecule has 3 amide bonds. The van der Waals surface area contributed by atoms with Crippen LogP contribution in [0.5, 0.6) is 0 Å². The van der Waals surface area contributed by atoms with Crippen molar-refractivity contribution < 1.29 is 34.2 Å². The number of carbonyl (C=O) groups excluding carboxylic acids is 3. The van der Waals surface area contributed by atoms with Gasteiger partial charge in [-0.25, -0.2) is 4.79 Å². The molecule has 0 fully saturated rings. The molecule has 4 atom stereocenters. The van der Waals surface area contributed by atoms with E-state index >= 15 is 0 Å². The predicted molar refractivity (Wildman–Crippen MR) is 127 cm³/mol. The van der Waals surface area contributed by atoms with Crippen molar-refractivity contribution in [3.05, 3.63) is 35.9 Å². The molecule has 0 aromatic heterocycles. The van der Waals surface area contributed by atoms with Crippen LogP contribution in [0.4, 0.5) is 0 Å². The molecule has 0 bridgehead atoms. The molecular weight excluding hydrogens is 464 g/mol.